The molecular weight excluding hydrogens is 184 g/mol. The molecule has 1 unspecified atom stereocenters. The van der Waals surface area contributed by atoms with Gasteiger partial charge >= 0.3 is 0 Å². The van der Waals surface area contributed by atoms with E-state index in [1.807, 2.05) is 12.3 Å². The summed E-state index contributed by atoms with van der Waals surface area (Å²) < 4.78 is 0. The van der Waals surface area contributed by atoms with Crippen LogP contribution >= 0.6 is 11.3 Å². The van der Waals surface area contributed by atoms with Crippen LogP contribution in [0.25, 0.3) is 0 Å². The van der Waals surface area contributed by atoms with E-state index in [0.29, 0.717) is 6.04 Å². The second-order valence-electron chi connectivity index (χ2n) is 3.75. The van der Waals surface area contributed by atoms with Crippen molar-refractivity contribution in [2.75, 3.05) is 6.61 Å². The first-order chi connectivity index (χ1) is 6.24. The third kappa shape index (κ3) is 1.90. The average molecular weight is 198 g/mol. The Morgan fingerprint density at radius 1 is 1.77 bits per heavy atom. The van der Waals surface area contributed by atoms with Crippen molar-refractivity contribution in [2.45, 2.75) is 31.3 Å². The highest BCUT2D eigenvalue weighted by Gasteiger charge is 2.34. The quantitative estimate of drug-likeness (QED) is 0.761. The SMILES string of the molecule is CC(CO)(NC1CC1)c1nccs1. The smallest absolute Gasteiger partial charge is 0.115 e. The molecule has 1 aliphatic carbocycles. The second-order valence-corrected chi connectivity index (χ2v) is 4.64. The monoisotopic (exact) mass is 198 g/mol. The fourth-order valence-corrected chi connectivity index (χ4v) is 2.11. The maximum Gasteiger partial charge on any atom is 0.115 e. The Morgan fingerprint density at radius 2 is 2.54 bits per heavy atom. The minimum absolute atomic E-state index is 0.108. The third-order valence-corrected chi connectivity index (χ3v) is 3.36. The standard InChI is InChI=1S/C9H14N2OS/c1-9(6-12,11-7-2-3-7)8-10-4-5-13-8/h4-5,7,11-12H,2-3,6H2,1H3. The molecule has 0 spiro atoms. The summed E-state index contributed by atoms with van der Waals surface area (Å²) in [4.78, 5) is 4.24. The zero-order valence-corrected chi connectivity index (χ0v) is 8.47. The molecule has 13 heavy (non-hydrogen) atoms. The molecule has 1 aromatic heterocycles. The van der Waals surface area contributed by atoms with Gasteiger partial charge in [-0.15, -0.1) is 11.3 Å². The Hall–Kier alpha value is -0.450. The predicted molar refractivity (Wildman–Crippen MR) is 52.7 cm³/mol. The van der Waals surface area contributed by atoms with Crippen LogP contribution in [0.5, 0.6) is 0 Å². The molecule has 0 aromatic carbocycles. The van der Waals surface area contributed by atoms with Crippen molar-refractivity contribution in [3.8, 4) is 0 Å². The van der Waals surface area contributed by atoms with Crippen molar-refractivity contribution in [1.82, 2.24) is 10.3 Å². The fraction of sp³-hybridized carbons (Fsp3) is 0.667. The Balaban J connectivity index is 2.13. The van der Waals surface area contributed by atoms with Crippen molar-refractivity contribution in [3.05, 3.63) is 16.6 Å². The van der Waals surface area contributed by atoms with Crippen LogP contribution in [0.4, 0.5) is 0 Å². The molecule has 0 radical (unpaired) electrons. The zero-order chi connectivity index (χ0) is 9.31. The number of thiazole rings is 1. The Bertz CT molecular complexity index is 271. The molecule has 1 heterocycles. The van der Waals surface area contributed by atoms with Gasteiger partial charge < -0.3 is 10.4 Å². The number of nitrogens with one attached hydrogen (secondary N) is 1. The fourth-order valence-electron chi connectivity index (χ4n) is 1.35. The van der Waals surface area contributed by atoms with Crippen LogP contribution in [0.3, 0.4) is 0 Å². The van der Waals surface area contributed by atoms with Gasteiger partial charge in [0.15, 0.2) is 0 Å². The lowest BCUT2D eigenvalue weighted by molar-refractivity contribution is 0.173. The second kappa shape index (κ2) is 3.36. The largest absolute Gasteiger partial charge is 0.394 e. The van der Waals surface area contributed by atoms with Gasteiger partial charge in [-0.05, 0) is 19.8 Å². The average Bonchev–Trinajstić information content (AvgIpc) is 2.77. The number of hydrogen-bond acceptors (Lipinski definition) is 4. The molecule has 1 aliphatic rings. The van der Waals surface area contributed by atoms with E-state index < -0.39 is 0 Å². The van der Waals surface area contributed by atoms with E-state index in [-0.39, 0.29) is 12.1 Å². The van der Waals surface area contributed by atoms with E-state index in [1.54, 1.807) is 17.5 Å². The highest BCUT2D eigenvalue weighted by atomic mass is 32.1. The molecule has 0 bridgehead atoms. The van der Waals surface area contributed by atoms with Crippen LogP contribution in [0.2, 0.25) is 0 Å². The molecule has 0 saturated heterocycles. The molecule has 4 heteroatoms. The summed E-state index contributed by atoms with van der Waals surface area (Å²) in [6.45, 7) is 2.11. The van der Waals surface area contributed by atoms with Gasteiger partial charge in [0.1, 0.15) is 5.01 Å². The molecule has 0 amide bonds. The Labute approximate surface area is 81.8 Å². The van der Waals surface area contributed by atoms with Gasteiger partial charge in [0.2, 0.25) is 0 Å². The van der Waals surface area contributed by atoms with E-state index in [9.17, 15) is 5.11 Å². The maximum absolute atomic E-state index is 9.34. The zero-order valence-electron chi connectivity index (χ0n) is 7.66. The topological polar surface area (TPSA) is 45.1 Å². The van der Waals surface area contributed by atoms with Crippen LogP contribution in [0.15, 0.2) is 11.6 Å². The molecule has 1 atom stereocenters. The van der Waals surface area contributed by atoms with Gasteiger partial charge in [-0.1, -0.05) is 0 Å². The van der Waals surface area contributed by atoms with Crippen LogP contribution in [0, 0.1) is 0 Å². The van der Waals surface area contributed by atoms with Gasteiger partial charge in [-0.25, -0.2) is 4.98 Å². The summed E-state index contributed by atoms with van der Waals surface area (Å²) in [6, 6.07) is 0.584. The van der Waals surface area contributed by atoms with Crippen LogP contribution in [-0.4, -0.2) is 22.7 Å². The number of nitrogens with zero attached hydrogens (tertiary/aromatic N) is 1. The van der Waals surface area contributed by atoms with E-state index in [2.05, 4.69) is 10.3 Å². The first-order valence-corrected chi connectivity index (χ1v) is 5.41. The summed E-state index contributed by atoms with van der Waals surface area (Å²) in [7, 11) is 0. The first kappa shape index (κ1) is 9.12. The van der Waals surface area contributed by atoms with Crippen LogP contribution in [-0.2, 0) is 5.54 Å². The maximum atomic E-state index is 9.34. The first-order valence-electron chi connectivity index (χ1n) is 4.53. The van der Waals surface area contributed by atoms with Gasteiger partial charge in [0.05, 0.1) is 12.1 Å². The number of aromatic nitrogens is 1. The lowest BCUT2D eigenvalue weighted by atomic mass is 10.1. The minimum atomic E-state index is -0.338. The summed E-state index contributed by atoms with van der Waals surface area (Å²) in [5, 5.41) is 15.7. The number of rotatable bonds is 4. The van der Waals surface area contributed by atoms with Crippen molar-refractivity contribution in [1.29, 1.82) is 0 Å². The summed E-state index contributed by atoms with van der Waals surface area (Å²) in [5.74, 6) is 0. The summed E-state index contributed by atoms with van der Waals surface area (Å²) >= 11 is 1.59. The molecule has 0 aliphatic heterocycles. The van der Waals surface area contributed by atoms with E-state index in [0.717, 1.165) is 5.01 Å². The number of aliphatic hydroxyl groups is 1. The lowest BCUT2D eigenvalue weighted by Crippen LogP contribution is -2.44. The molecule has 1 aromatic rings. The summed E-state index contributed by atoms with van der Waals surface area (Å²) in [6.07, 6.45) is 4.23. The molecule has 2 N–H and O–H groups in total. The highest BCUT2D eigenvalue weighted by Crippen LogP contribution is 2.28. The van der Waals surface area contributed by atoms with Gasteiger partial charge in [-0.3, -0.25) is 0 Å². The van der Waals surface area contributed by atoms with Crippen LogP contribution < -0.4 is 5.32 Å². The molecule has 1 fully saturated rings. The van der Waals surface area contributed by atoms with Gasteiger partial charge in [-0.2, -0.15) is 0 Å². The Morgan fingerprint density at radius 3 is 3.00 bits per heavy atom. The van der Waals surface area contributed by atoms with Crippen molar-refractivity contribution >= 4 is 11.3 Å². The third-order valence-electron chi connectivity index (χ3n) is 2.32. The molecule has 1 saturated carbocycles. The van der Waals surface area contributed by atoms with E-state index in [4.69, 9.17) is 0 Å². The van der Waals surface area contributed by atoms with Gasteiger partial charge in [0, 0.05) is 17.6 Å². The van der Waals surface area contributed by atoms with Crippen molar-refractivity contribution in [2.24, 2.45) is 0 Å². The lowest BCUT2D eigenvalue weighted by Gasteiger charge is -2.26. The van der Waals surface area contributed by atoms with E-state index >= 15 is 0 Å². The minimum Gasteiger partial charge on any atom is -0.394 e. The normalized spacial score (nSPS) is 21.4. The summed E-state index contributed by atoms with van der Waals surface area (Å²) in [5.41, 5.74) is -0.338. The highest BCUT2D eigenvalue weighted by molar-refractivity contribution is 7.09. The van der Waals surface area contributed by atoms with Crippen LogP contribution in [0.1, 0.15) is 24.8 Å². The Kier molecular flexibility index (Phi) is 2.36. The number of hydrogen-bond donors (Lipinski definition) is 2. The van der Waals surface area contributed by atoms with Crippen molar-refractivity contribution < 1.29 is 5.11 Å². The van der Waals surface area contributed by atoms with Gasteiger partial charge in [0.25, 0.3) is 0 Å². The predicted octanol–water partition coefficient (Wildman–Crippen LogP) is 1.10. The van der Waals surface area contributed by atoms with E-state index in [1.165, 1.54) is 12.8 Å². The number of aliphatic hydroxyl groups excluding tert-OH is 1. The molecule has 3 nitrogen and oxygen atoms in total. The molecular formula is C9H14N2OS. The molecule has 72 valence electrons. The molecule has 2 rings (SSSR count). The van der Waals surface area contributed by atoms with Crippen molar-refractivity contribution in [3.63, 3.8) is 0 Å².